The van der Waals surface area contributed by atoms with Gasteiger partial charge in [-0.3, -0.25) is 4.99 Å². The van der Waals surface area contributed by atoms with Crippen LogP contribution in [0.4, 0.5) is 0 Å². The van der Waals surface area contributed by atoms with Gasteiger partial charge in [-0.05, 0) is 31.3 Å². The predicted molar refractivity (Wildman–Crippen MR) is 82.7 cm³/mol. The predicted octanol–water partition coefficient (Wildman–Crippen LogP) is 2.32. The van der Waals surface area contributed by atoms with Gasteiger partial charge in [0, 0.05) is 20.1 Å². The number of aliphatic imine (C=N–C) groups is 1. The Labute approximate surface area is 115 Å². The van der Waals surface area contributed by atoms with Crippen LogP contribution in [-0.2, 0) is 0 Å². The topological polar surface area (TPSA) is 36.4 Å². The molecule has 0 aromatic heterocycles. The smallest absolute Gasteiger partial charge is 0.190 e. The summed E-state index contributed by atoms with van der Waals surface area (Å²) in [5, 5.41) is 6.54. The molecule has 0 aromatic rings. The van der Waals surface area contributed by atoms with Crippen molar-refractivity contribution >= 4 is 41.7 Å². The van der Waals surface area contributed by atoms with Crippen molar-refractivity contribution in [1.29, 1.82) is 0 Å². The van der Waals surface area contributed by atoms with E-state index >= 15 is 0 Å². The van der Waals surface area contributed by atoms with Crippen molar-refractivity contribution in [3.8, 4) is 0 Å². The standard InChI is InChI=1S/C10H23N3S.HI/c1-4-7-12-10(11-2)13-8-5-6-9-14-3;/h4-9H2,1-3H3,(H2,11,12,13);1H. The molecule has 0 aliphatic heterocycles. The Hall–Kier alpha value is 0.350. The Morgan fingerprint density at radius 2 is 1.87 bits per heavy atom. The van der Waals surface area contributed by atoms with Gasteiger partial charge in [-0.2, -0.15) is 11.8 Å². The van der Waals surface area contributed by atoms with E-state index in [9.17, 15) is 0 Å². The van der Waals surface area contributed by atoms with Crippen LogP contribution in [0.2, 0.25) is 0 Å². The summed E-state index contributed by atoms with van der Waals surface area (Å²) in [6.45, 7) is 4.16. The molecule has 0 unspecified atom stereocenters. The van der Waals surface area contributed by atoms with E-state index in [4.69, 9.17) is 0 Å². The fraction of sp³-hybridized carbons (Fsp3) is 0.900. The maximum atomic E-state index is 4.13. The van der Waals surface area contributed by atoms with Crippen molar-refractivity contribution in [2.75, 3.05) is 32.1 Å². The molecule has 5 heteroatoms. The average molecular weight is 345 g/mol. The van der Waals surface area contributed by atoms with E-state index in [-0.39, 0.29) is 24.0 Å². The lowest BCUT2D eigenvalue weighted by Gasteiger charge is -2.10. The maximum Gasteiger partial charge on any atom is 0.190 e. The number of hydrogen-bond acceptors (Lipinski definition) is 2. The van der Waals surface area contributed by atoms with Crippen LogP contribution in [0.25, 0.3) is 0 Å². The third-order valence-corrected chi connectivity index (χ3v) is 2.53. The van der Waals surface area contributed by atoms with Crippen LogP contribution >= 0.6 is 35.7 Å². The van der Waals surface area contributed by atoms with Crippen molar-refractivity contribution in [1.82, 2.24) is 10.6 Å². The van der Waals surface area contributed by atoms with Crippen molar-refractivity contribution in [2.24, 2.45) is 4.99 Å². The Kier molecular flexibility index (Phi) is 17.0. The van der Waals surface area contributed by atoms with Gasteiger partial charge < -0.3 is 10.6 Å². The van der Waals surface area contributed by atoms with Gasteiger partial charge in [0.1, 0.15) is 0 Å². The minimum Gasteiger partial charge on any atom is -0.356 e. The molecule has 0 aromatic carbocycles. The molecule has 0 heterocycles. The number of unbranched alkanes of at least 4 members (excludes halogenated alkanes) is 1. The van der Waals surface area contributed by atoms with Gasteiger partial charge in [0.25, 0.3) is 0 Å². The first-order valence-corrected chi connectivity index (χ1v) is 6.68. The Morgan fingerprint density at radius 1 is 1.20 bits per heavy atom. The van der Waals surface area contributed by atoms with E-state index < -0.39 is 0 Å². The molecular formula is C10H24IN3S. The molecule has 15 heavy (non-hydrogen) atoms. The van der Waals surface area contributed by atoms with E-state index in [1.54, 1.807) is 0 Å². The van der Waals surface area contributed by atoms with Crippen LogP contribution in [-0.4, -0.2) is 38.1 Å². The van der Waals surface area contributed by atoms with Gasteiger partial charge in [-0.25, -0.2) is 0 Å². The molecule has 92 valence electrons. The number of halogens is 1. The highest BCUT2D eigenvalue weighted by Crippen LogP contribution is 1.97. The first-order valence-electron chi connectivity index (χ1n) is 5.28. The minimum absolute atomic E-state index is 0. The Balaban J connectivity index is 0. The molecule has 0 amide bonds. The molecule has 2 N–H and O–H groups in total. The summed E-state index contributed by atoms with van der Waals surface area (Å²) in [7, 11) is 1.81. The van der Waals surface area contributed by atoms with Crippen LogP contribution in [0.15, 0.2) is 4.99 Å². The van der Waals surface area contributed by atoms with E-state index in [0.29, 0.717) is 0 Å². The quantitative estimate of drug-likeness (QED) is 0.322. The fourth-order valence-electron chi connectivity index (χ4n) is 1.04. The van der Waals surface area contributed by atoms with Crippen LogP contribution < -0.4 is 10.6 Å². The molecule has 0 atom stereocenters. The third kappa shape index (κ3) is 12.3. The van der Waals surface area contributed by atoms with Gasteiger partial charge in [-0.1, -0.05) is 6.92 Å². The number of hydrogen-bond donors (Lipinski definition) is 2. The fourth-order valence-corrected chi connectivity index (χ4v) is 1.54. The van der Waals surface area contributed by atoms with E-state index in [0.717, 1.165) is 25.5 Å². The molecule has 0 radical (unpaired) electrons. The van der Waals surface area contributed by atoms with Crippen molar-refractivity contribution in [3.05, 3.63) is 0 Å². The second-order valence-electron chi connectivity index (χ2n) is 3.13. The molecule has 0 aliphatic rings. The molecular weight excluding hydrogens is 321 g/mol. The first-order chi connectivity index (χ1) is 6.85. The maximum absolute atomic E-state index is 4.13. The lowest BCUT2D eigenvalue weighted by atomic mass is 10.3. The summed E-state index contributed by atoms with van der Waals surface area (Å²) >= 11 is 1.91. The number of rotatable bonds is 7. The van der Waals surface area contributed by atoms with E-state index in [1.807, 2.05) is 18.8 Å². The molecule has 0 bridgehead atoms. The number of nitrogens with one attached hydrogen (secondary N) is 2. The van der Waals surface area contributed by atoms with Crippen LogP contribution in [0.1, 0.15) is 26.2 Å². The minimum atomic E-state index is 0. The first kappa shape index (κ1) is 17.7. The molecule has 0 aliphatic carbocycles. The van der Waals surface area contributed by atoms with E-state index in [2.05, 4.69) is 28.8 Å². The zero-order chi connectivity index (χ0) is 10.6. The highest BCUT2D eigenvalue weighted by Gasteiger charge is 1.94. The summed E-state index contributed by atoms with van der Waals surface area (Å²) in [6.07, 6.45) is 5.77. The molecule has 0 fully saturated rings. The van der Waals surface area contributed by atoms with Crippen LogP contribution in [0.5, 0.6) is 0 Å². The lowest BCUT2D eigenvalue weighted by Crippen LogP contribution is -2.38. The molecule has 0 saturated carbocycles. The van der Waals surface area contributed by atoms with Gasteiger partial charge in [-0.15, -0.1) is 24.0 Å². The van der Waals surface area contributed by atoms with Gasteiger partial charge in [0.15, 0.2) is 5.96 Å². The van der Waals surface area contributed by atoms with E-state index in [1.165, 1.54) is 18.6 Å². The summed E-state index contributed by atoms with van der Waals surface area (Å²) in [4.78, 5) is 4.13. The SMILES string of the molecule is CCCNC(=NC)NCCCCSC.I. The zero-order valence-corrected chi connectivity index (χ0v) is 13.2. The second kappa shape index (κ2) is 14.3. The molecule has 0 spiro atoms. The van der Waals surface area contributed by atoms with Gasteiger partial charge in [0.2, 0.25) is 0 Å². The normalized spacial score (nSPS) is 10.7. The zero-order valence-electron chi connectivity index (χ0n) is 10.0. The number of guanidine groups is 1. The number of thioether (sulfide) groups is 1. The monoisotopic (exact) mass is 345 g/mol. The largest absolute Gasteiger partial charge is 0.356 e. The van der Waals surface area contributed by atoms with Gasteiger partial charge in [0.05, 0.1) is 0 Å². The molecule has 3 nitrogen and oxygen atoms in total. The summed E-state index contributed by atoms with van der Waals surface area (Å²) in [5.74, 6) is 2.18. The van der Waals surface area contributed by atoms with Crippen molar-refractivity contribution in [3.63, 3.8) is 0 Å². The Morgan fingerprint density at radius 3 is 2.40 bits per heavy atom. The third-order valence-electron chi connectivity index (χ3n) is 1.83. The van der Waals surface area contributed by atoms with Crippen molar-refractivity contribution < 1.29 is 0 Å². The van der Waals surface area contributed by atoms with Gasteiger partial charge >= 0.3 is 0 Å². The number of nitrogens with zero attached hydrogens (tertiary/aromatic N) is 1. The molecule has 0 saturated heterocycles. The summed E-state index contributed by atoms with van der Waals surface area (Å²) in [5.41, 5.74) is 0. The Bertz CT molecular complexity index is 154. The second-order valence-corrected chi connectivity index (χ2v) is 4.11. The van der Waals surface area contributed by atoms with Crippen molar-refractivity contribution in [2.45, 2.75) is 26.2 Å². The lowest BCUT2D eigenvalue weighted by molar-refractivity contribution is 0.727. The summed E-state index contributed by atoms with van der Waals surface area (Å²) < 4.78 is 0. The van der Waals surface area contributed by atoms with Crippen LogP contribution in [0.3, 0.4) is 0 Å². The average Bonchev–Trinajstić information content (AvgIpc) is 2.22. The summed E-state index contributed by atoms with van der Waals surface area (Å²) in [6, 6.07) is 0. The highest BCUT2D eigenvalue weighted by molar-refractivity contribution is 14.0. The molecule has 0 rings (SSSR count). The van der Waals surface area contributed by atoms with Crippen LogP contribution in [0, 0.1) is 0 Å². The highest BCUT2D eigenvalue weighted by atomic mass is 127.